The molecule has 2 atom stereocenters. The van der Waals surface area contributed by atoms with Crippen LogP contribution in [0.3, 0.4) is 0 Å². The number of rotatable bonds is 5. The lowest BCUT2D eigenvalue weighted by Crippen LogP contribution is -2.40. The van der Waals surface area contributed by atoms with Crippen LogP contribution in [-0.2, 0) is 17.1 Å². The fourth-order valence-electron chi connectivity index (χ4n) is 3.11. The Morgan fingerprint density at radius 3 is 2.76 bits per heavy atom. The predicted molar refractivity (Wildman–Crippen MR) is 83.5 cm³/mol. The van der Waals surface area contributed by atoms with Gasteiger partial charge in [-0.2, -0.15) is 5.10 Å². The van der Waals surface area contributed by atoms with Crippen molar-refractivity contribution in [1.82, 2.24) is 19.4 Å². The molecule has 1 saturated heterocycles. The van der Waals surface area contributed by atoms with Gasteiger partial charge in [-0.3, -0.25) is 4.68 Å². The Labute approximate surface area is 127 Å². The number of sulfonamides is 1. The molecular weight excluding hydrogens is 288 g/mol. The lowest BCUT2D eigenvalue weighted by molar-refractivity contribution is 0.240. The van der Waals surface area contributed by atoms with Crippen molar-refractivity contribution >= 4 is 10.0 Å². The van der Waals surface area contributed by atoms with Crippen LogP contribution in [0.15, 0.2) is 6.20 Å². The Balaban J connectivity index is 2.07. The average Bonchev–Trinajstić information content (AvgIpc) is 2.76. The van der Waals surface area contributed by atoms with E-state index in [9.17, 15) is 8.42 Å². The highest BCUT2D eigenvalue weighted by atomic mass is 32.2. The maximum absolute atomic E-state index is 11.7. The Morgan fingerprint density at radius 2 is 2.24 bits per heavy atom. The molecule has 2 rings (SSSR count). The molecule has 0 aromatic carbocycles. The van der Waals surface area contributed by atoms with Gasteiger partial charge in [-0.05, 0) is 39.2 Å². The number of aromatic nitrogens is 2. The summed E-state index contributed by atoms with van der Waals surface area (Å²) in [5.41, 5.74) is 2.36. The van der Waals surface area contributed by atoms with E-state index in [4.69, 9.17) is 0 Å². The van der Waals surface area contributed by atoms with Crippen LogP contribution in [0.4, 0.5) is 0 Å². The molecule has 1 aliphatic rings. The van der Waals surface area contributed by atoms with E-state index in [-0.39, 0.29) is 6.04 Å². The predicted octanol–water partition coefficient (Wildman–Crippen LogP) is 1.05. The lowest BCUT2D eigenvalue weighted by atomic mass is 9.90. The zero-order valence-electron chi connectivity index (χ0n) is 13.3. The Bertz CT molecular complexity index is 582. The number of nitrogens with one attached hydrogen (secondary N) is 1. The summed E-state index contributed by atoms with van der Waals surface area (Å²) >= 11 is 0. The molecule has 1 aromatic rings. The van der Waals surface area contributed by atoms with Crippen molar-refractivity contribution in [1.29, 1.82) is 0 Å². The molecule has 0 saturated carbocycles. The summed E-state index contributed by atoms with van der Waals surface area (Å²) in [6, 6.07) is 0.225. The maximum Gasteiger partial charge on any atom is 0.211 e. The molecule has 1 aliphatic heterocycles. The molecule has 1 fully saturated rings. The van der Waals surface area contributed by atoms with Crippen LogP contribution in [0.5, 0.6) is 0 Å². The number of hydrogen-bond donors (Lipinski definition) is 1. The topological polar surface area (TPSA) is 67.2 Å². The van der Waals surface area contributed by atoms with E-state index in [1.54, 1.807) is 4.31 Å². The van der Waals surface area contributed by atoms with E-state index >= 15 is 0 Å². The zero-order valence-corrected chi connectivity index (χ0v) is 14.2. The maximum atomic E-state index is 11.7. The first-order valence-electron chi connectivity index (χ1n) is 7.43. The van der Waals surface area contributed by atoms with E-state index in [1.807, 2.05) is 25.0 Å². The zero-order chi connectivity index (χ0) is 15.6. The fourth-order valence-corrected chi connectivity index (χ4v) is 4.05. The van der Waals surface area contributed by atoms with E-state index in [0.29, 0.717) is 19.0 Å². The standard InChI is InChI=1S/C14H26N4O2S/c1-11-13(9-16-17(11)3)14(15-2)8-12-6-5-7-18(10-12)21(4,19)20/h9,12,14-15H,5-8,10H2,1-4H3. The van der Waals surface area contributed by atoms with Crippen LogP contribution in [0.1, 0.15) is 36.6 Å². The SMILES string of the molecule is CNC(CC1CCCN(S(C)(=O)=O)C1)c1cnn(C)c1C. The number of aryl methyl sites for hydroxylation is 1. The summed E-state index contributed by atoms with van der Waals surface area (Å²) in [5, 5.41) is 7.65. The van der Waals surface area contributed by atoms with Gasteiger partial charge in [0.15, 0.2) is 0 Å². The van der Waals surface area contributed by atoms with Crippen molar-refractivity contribution in [3.63, 3.8) is 0 Å². The molecule has 2 heterocycles. The molecule has 0 bridgehead atoms. The van der Waals surface area contributed by atoms with Gasteiger partial charge < -0.3 is 5.32 Å². The van der Waals surface area contributed by atoms with Crippen molar-refractivity contribution in [3.8, 4) is 0 Å². The van der Waals surface area contributed by atoms with Crippen molar-refractivity contribution in [2.75, 3.05) is 26.4 Å². The van der Waals surface area contributed by atoms with E-state index in [2.05, 4.69) is 17.3 Å². The van der Waals surface area contributed by atoms with Crippen LogP contribution in [0.25, 0.3) is 0 Å². The van der Waals surface area contributed by atoms with Crippen LogP contribution < -0.4 is 5.32 Å². The summed E-state index contributed by atoms with van der Waals surface area (Å²) in [5.74, 6) is 0.394. The highest BCUT2D eigenvalue weighted by molar-refractivity contribution is 7.88. The van der Waals surface area contributed by atoms with Gasteiger partial charge in [-0.25, -0.2) is 12.7 Å². The Hall–Kier alpha value is -0.920. The number of piperidine rings is 1. The van der Waals surface area contributed by atoms with Gasteiger partial charge in [-0.15, -0.1) is 0 Å². The largest absolute Gasteiger partial charge is 0.313 e. The van der Waals surface area contributed by atoms with Gasteiger partial charge >= 0.3 is 0 Å². The first kappa shape index (κ1) is 16.5. The smallest absolute Gasteiger partial charge is 0.211 e. The van der Waals surface area contributed by atoms with Gasteiger partial charge in [0, 0.05) is 37.4 Å². The molecular formula is C14H26N4O2S. The van der Waals surface area contributed by atoms with E-state index < -0.39 is 10.0 Å². The molecule has 21 heavy (non-hydrogen) atoms. The summed E-state index contributed by atoms with van der Waals surface area (Å²) in [7, 11) is 0.821. The minimum absolute atomic E-state index is 0.225. The Morgan fingerprint density at radius 1 is 1.52 bits per heavy atom. The van der Waals surface area contributed by atoms with Crippen LogP contribution in [0, 0.1) is 12.8 Å². The normalized spacial score (nSPS) is 22.4. The molecule has 7 heteroatoms. The summed E-state index contributed by atoms with van der Waals surface area (Å²) in [4.78, 5) is 0. The molecule has 0 amide bonds. The molecule has 1 aromatic heterocycles. The third-order valence-corrected chi connectivity index (χ3v) is 5.79. The van der Waals surface area contributed by atoms with Gasteiger partial charge in [0.05, 0.1) is 12.5 Å². The van der Waals surface area contributed by atoms with E-state index in [1.165, 1.54) is 11.8 Å². The molecule has 0 aliphatic carbocycles. The summed E-state index contributed by atoms with van der Waals surface area (Å²) in [6.07, 6.45) is 6.18. The first-order valence-corrected chi connectivity index (χ1v) is 9.28. The second kappa shape index (κ2) is 6.46. The van der Waals surface area contributed by atoms with Crippen LogP contribution in [0.2, 0.25) is 0 Å². The third-order valence-electron chi connectivity index (χ3n) is 4.52. The number of nitrogens with zero attached hydrogens (tertiary/aromatic N) is 3. The van der Waals surface area contributed by atoms with Crippen molar-refractivity contribution in [2.45, 2.75) is 32.2 Å². The molecule has 120 valence electrons. The van der Waals surface area contributed by atoms with E-state index in [0.717, 1.165) is 25.0 Å². The lowest BCUT2D eigenvalue weighted by Gasteiger charge is -2.33. The summed E-state index contributed by atoms with van der Waals surface area (Å²) in [6.45, 7) is 3.36. The van der Waals surface area contributed by atoms with Crippen molar-refractivity contribution < 1.29 is 8.42 Å². The minimum atomic E-state index is -3.07. The quantitative estimate of drug-likeness (QED) is 0.882. The number of hydrogen-bond acceptors (Lipinski definition) is 4. The van der Waals surface area contributed by atoms with Gasteiger partial charge in [0.25, 0.3) is 0 Å². The molecule has 6 nitrogen and oxygen atoms in total. The molecule has 1 N–H and O–H groups in total. The fraction of sp³-hybridized carbons (Fsp3) is 0.786. The summed E-state index contributed by atoms with van der Waals surface area (Å²) < 4.78 is 26.9. The second-order valence-electron chi connectivity index (χ2n) is 6.02. The molecule has 2 unspecified atom stereocenters. The van der Waals surface area contributed by atoms with Crippen LogP contribution >= 0.6 is 0 Å². The average molecular weight is 314 g/mol. The highest BCUT2D eigenvalue weighted by Gasteiger charge is 2.28. The van der Waals surface area contributed by atoms with Crippen LogP contribution in [-0.4, -0.2) is 48.9 Å². The van der Waals surface area contributed by atoms with Crippen molar-refractivity contribution in [3.05, 3.63) is 17.5 Å². The minimum Gasteiger partial charge on any atom is -0.313 e. The Kier molecular flexibility index (Phi) is 5.06. The second-order valence-corrected chi connectivity index (χ2v) is 8.00. The molecule has 0 spiro atoms. The molecule has 0 radical (unpaired) electrons. The van der Waals surface area contributed by atoms with Gasteiger partial charge in [0.1, 0.15) is 0 Å². The van der Waals surface area contributed by atoms with Crippen molar-refractivity contribution in [2.24, 2.45) is 13.0 Å². The first-order chi connectivity index (χ1) is 9.82. The van der Waals surface area contributed by atoms with Gasteiger partial charge in [0.2, 0.25) is 10.0 Å². The third kappa shape index (κ3) is 3.84. The highest BCUT2D eigenvalue weighted by Crippen LogP contribution is 2.29. The monoisotopic (exact) mass is 314 g/mol. The van der Waals surface area contributed by atoms with Gasteiger partial charge in [-0.1, -0.05) is 0 Å².